The first-order valence-corrected chi connectivity index (χ1v) is 2.77. The summed E-state index contributed by atoms with van der Waals surface area (Å²) < 4.78 is 0. The Bertz CT molecular complexity index is 264. The van der Waals surface area contributed by atoms with E-state index in [1.807, 2.05) is 0 Å². The van der Waals surface area contributed by atoms with Gasteiger partial charge in [0.15, 0.2) is 5.69 Å². The molecule has 5 nitrogen and oxygen atoms in total. The third-order valence-corrected chi connectivity index (χ3v) is 1.15. The Balaban J connectivity index is 3.15. The Labute approximate surface area is 61.5 Å². The van der Waals surface area contributed by atoms with Gasteiger partial charge >= 0.3 is 5.97 Å². The van der Waals surface area contributed by atoms with Crippen molar-refractivity contribution < 1.29 is 9.90 Å². The van der Waals surface area contributed by atoms with Crippen molar-refractivity contribution in [3.05, 3.63) is 11.9 Å². The second kappa shape index (κ2) is 2.61. The molecular weight excluding hydrogens is 154 g/mol. The molecule has 1 aromatic heterocycles. The van der Waals surface area contributed by atoms with E-state index >= 15 is 0 Å². The number of carboxylic acids is 1. The van der Waals surface area contributed by atoms with Gasteiger partial charge in [-0.2, -0.15) is 0 Å². The van der Waals surface area contributed by atoms with Crippen LogP contribution in [-0.4, -0.2) is 26.5 Å². The molecule has 1 heterocycles. The van der Waals surface area contributed by atoms with Gasteiger partial charge in [-0.3, -0.25) is 0 Å². The van der Waals surface area contributed by atoms with Crippen molar-refractivity contribution >= 4 is 18.6 Å². The SMILES string of the molecule is O=C(O)c1nnncc1S. The number of nitrogens with zero attached hydrogens (tertiary/aromatic N) is 3. The van der Waals surface area contributed by atoms with Gasteiger partial charge in [0.25, 0.3) is 0 Å². The molecule has 0 radical (unpaired) electrons. The summed E-state index contributed by atoms with van der Waals surface area (Å²) in [6.07, 6.45) is 1.22. The van der Waals surface area contributed by atoms with Crippen LogP contribution in [0, 0.1) is 0 Å². The van der Waals surface area contributed by atoms with Crippen LogP contribution >= 0.6 is 12.6 Å². The van der Waals surface area contributed by atoms with E-state index in [-0.39, 0.29) is 10.6 Å². The lowest BCUT2D eigenvalue weighted by Gasteiger charge is -1.91. The van der Waals surface area contributed by atoms with Crippen LogP contribution in [-0.2, 0) is 0 Å². The van der Waals surface area contributed by atoms with Crippen molar-refractivity contribution in [1.82, 2.24) is 15.4 Å². The largest absolute Gasteiger partial charge is 0.476 e. The molecule has 0 saturated carbocycles. The molecule has 1 aromatic rings. The maximum atomic E-state index is 10.2. The molecular formula is C4H3N3O2S. The van der Waals surface area contributed by atoms with Gasteiger partial charge < -0.3 is 5.11 Å². The number of hydrogen-bond donors (Lipinski definition) is 2. The van der Waals surface area contributed by atoms with Crippen molar-refractivity contribution in [2.75, 3.05) is 0 Å². The lowest BCUT2D eigenvalue weighted by molar-refractivity contribution is 0.0684. The minimum atomic E-state index is -1.15. The molecule has 0 spiro atoms. The maximum absolute atomic E-state index is 10.2. The van der Waals surface area contributed by atoms with Gasteiger partial charge in [0.2, 0.25) is 0 Å². The molecule has 0 aromatic carbocycles. The quantitative estimate of drug-likeness (QED) is 0.555. The van der Waals surface area contributed by atoms with Gasteiger partial charge in [0.05, 0.1) is 11.1 Å². The molecule has 0 fully saturated rings. The standard InChI is InChI=1S/C4H3N3O2S/c8-4(9)3-2(10)1-5-7-6-3/h1H,(H,7,10)(H,8,9). The van der Waals surface area contributed by atoms with Crippen LogP contribution in [0.4, 0.5) is 0 Å². The molecule has 0 aliphatic heterocycles. The zero-order chi connectivity index (χ0) is 7.56. The predicted molar refractivity (Wildman–Crippen MR) is 34.0 cm³/mol. The third kappa shape index (κ3) is 1.21. The van der Waals surface area contributed by atoms with Crippen molar-refractivity contribution in [3.8, 4) is 0 Å². The first-order valence-electron chi connectivity index (χ1n) is 2.32. The molecule has 0 unspecified atom stereocenters. The van der Waals surface area contributed by atoms with Gasteiger partial charge in [-0.1, -0.05) is 0 Å². The van der Waals surface area contributed by atoms with E-state index in [2.05, 4.69) is 28.0 Å². The van der Waals surface area contributed by atoms with E-state index in [1.54, 1.807) is 0 Å². The van der Waals surface area contributed by atoms with Crippen LogP contribution in [0.1, 0.15) is 10.5 Å². The fraction of sp³-hybridized carbons (Fsp3) is 0. The number of thiol groups is 1. The van der Waals surface area contributed by atoms with Crippen molar-refractivity contribution in [1.29, 1.82) is 0 Å². The lowest BCUT2D eigenvalue weighted by atomic mass is 10.4. The van der Waals surface area contributed by atoms with Gasteiger partial charge in [-0.25, -0.2) is 4.79 Å². The van der Waals surface area contributed by atoms with E-state index in [9.17, 15) is 4.79 Å². The molecule has 1 N–H and O–H groups in total. The maximum Gasteiger partial charge on any atom is 0.357 e. The third-order valence-electron chi connectivity index (χ3n) is 0.822. The van der Waals surface area contributed by atoms with Crippen molar-refractivity contribution in [2.24, 2.45) is 0 Å². The Morgan fingerprint density at radius 1 is 1.70 bits per heavy atom. The van der Waals surface area contributed by atoms with Crippen LogP contribution in [0.25, 0.3) is 0 Å². The second-order valence-electron chi connectivity index (χ2n) is 1.47. The van der Waals surface area contributed by atoms with Gasteiger partial charge in [-0.15, -0.1) is 22.8 Å². The number of carboxylic acid groups (broad SMARTS) is 1. The van der Waals surface area contributed by atoms with Crippen LogP contribution in [0.5, 0.6) is 0 Å². The number of carbonyl (C=O) groups is 1. The molecule has 1 rings (SSSR count). The highest BCUT2D eigenvalue weighted by Crippen LogP contribution is 2.05. The second-order valence-corrected chi connectivity index (χ2v) is 1.95. The summed E-state index contributed by atoms with van der Waals surface area (Å²) in [7, 11) is 0. The molecule has 10 heavy (non-hydrogen) atoms. The Morgan fingerprint density at radius 3 is 2.80 bits per heavy atom. The number of hydrogen-bond acceptors (Lipinski definition) is 5. The molecule has 0 amide bonds. The number of rotatable bonds is 1. The Hall–Kier alpha value is -1.17. The summed E-state index contributed by atoms with van der Waals surface area (Å²) in [5.74, 6) is -1.15. The Kier molecular flexibility index (Phi) is 1.81. The van der Waals surface area contributed by atoms with E-state index in [4.69, 9.17) is 5.11 Å². The fourth-order valence-electron chi connectivity index (χ4n) is 0.416. The topological polar surface area (TPSA) is 76.0 Å². The van der Waals surface area contributed by atoms with Crippen LogP contribution in [0.2, 0.25) is 0 Å². The number of aromatic nitrogens is 3. The first-order chi connectivity index (χ1) is 4.72. The van der Waals surface area contributed by atoms with Gasteiger partial charge in [0, 0.05) is 0 Å². The normalized spacial score (nSPS) is 9.30. The lowest BCUT2D eigenvalue weighted by Crippen LogP contribution is -2.04. The number of aromatic carboxylic acids is 1. The predicted octanol–water partition coefficient (Wildman–Crippen LogP) is -0.142. The molecule has 0 aliphatic rings. The van der Waals surface area contributed by atoms with Crippen molar-refractivity contribution in [2.45, 2.75) is 4.90 Å². The van der Waals surface area contributed by atoms with Gasteiger partial charge in [-0.05, 0) is 5.21 Å². The first kappa shape index (κ1) is 6.94. The van der Waals surface area contributed by atoms with E-state index in [0.717, 1.165) is 0 Å². The zero-order valence-electron chi connectivity index (χ0n) is 4.72. The molecule has 0 bridgehead atoms. The highest BCUT2D eigenvalue weighted by Gasteiger charge is 2.08. The molecule has 6 heteroatoms. The Morgan fingerprint density at radius 2 is 2.40 bits per heavy atom. The summed E-state index contributed by atoms with van der Waals surface area (Å²) in [5, 5.41) is 18.1. The highest BCUT2D eigenvalue weighted by atomic mass is 32.1. The fourth-order valence-corrected chi connectivity index (χ4v) is 0.608. The van der Waals surface area contributed by atoms with Crippen molar-refractivity contribution in [3.63, 3.8) is 0 Å². The molecule has 52 valence electrons. The summed E-state index contributed by atoms with van der Waals surface area (Å²) >= 11 is 3.79. The highest BCUT2D eigenvalue weighted by molar-refractivity contribution is 7.80. The molecule has 0 atom stereocenters. The van der Waals surface area contributed by atoms with Crippen LogP contribution in [0.3, 0.4) is 0 Å². The summed E-state index contributed by atoms with van der Waals surface area (Å²) in [6, 6.07) is 0. The summed E-state index contributed by atoms with van der Waals surface area (Å²) in [6.45, 7) is 0. The smallest absolute Gasteiger partial charge is 0.357 e. The van der Waals surface area contributed by atoms with Crippen LogP contribution in [0.15, 0.2) is 11.1 Å². The van der Waals surface area contributed by atoms with Crippen LogP contribution < -0.4 is 0 Å². The average Bonchev–Trinajstić information content (AvgIpc) is 1.88. The van der Waals surface area contributed by atoms with E-state index < -0.39 is 5.97 Å². The molecule has 0 saturated heterocycles. The minimum absolute atomic E-state index is 0.182. The van der Waals surface area contributed by atoms with E-state index in [0.29, 0.717) is 0 Å². The monoisotopic (exact) mass is 157 g/mol. The minimum Gasteiger partial charge on any atom is -0.476 e. The molecule has 0 aliphatic carbocycles. The average molecular weight is 157 g/mol. The van der Waals surface area contributed by atoms with E-state index in [1.165, 1.54) is 6.20 Å². The summed E-state index contributed by atoms with van der Waals surface area (Å²) in [4.78, 5) is 10.5. The van der Waals surface area contributed by atoms with Gasteiger partial charge in [0.1, 0.15) is 0 Å². The summed E-state index contributed by atoms with van der Waals surface area (Å²) in [5.41, 5.74) is -0.182. The zero-order valence-corrected chi connectivity index (χ0v) is 5.62.